The zero-order chi connectivity index (χ0) is 9.84. The number of nitrogens with one attached hydrogen (secondary N) is 1. The summed E-state index contributed by atoms with van der Waals surface area (Å²) in [5, 5.41) is 11.6. The van der Waals surface area contributed by atoms with Gasteiger partial charge in [-0.2, -0.15) is 0 Å². The molecule has 0 aliphatic carbocycles. The zero-order valence-corrected chi connectivity index (χ0v) is 8.05. The maximum absolute atomic E-state index is 11.3. The van der Waals surface area contributed by atoms with Gasteiger partial charge in [-0.25, -0.2) is 4.98 Å². The summed E-state index contributed by atoms with van der Waals surface area (Å²) in [5.41, 5.74) is 0.529. The van der Waals surface area contributed by atoms with Gasteiger partial charge in [0.2, 0.25) is 0 Å². The maximum Gasteiger partial charge on any atom is 0.260 e. The summed E-state index contributed by atoms with van der Waals surface area (Å²) in [4.78, 5) is 17.9. The lowest BCUT2D eigenvalue weighted by Gasteiger charge is -1.99. The van der Waals surface area contributed by atoms with Crippen molar-refractivity contribution in [2.75, 3.05) is 6.26 Å². The Morgan fingerprint density at radius 1 is 1.69 bits per heavy atom. The van der Waals surface area contributed by atoms with Gasteiger partial charge in [-0.05, 0) is 13.2 Å². The number of H-pyrrole nitrogens is 1. The van der Waals surface area contributed by atoms with E-state index in [0.29, 0.717) is 10.9 Å². The first-order chi connectivity index (χ1) is 6.19. The molecule has 1 heterocycles. The average molecular weight is 199 g/mol. The van der Waals surface area contributed by atoms with Gasteiger partial charge in [0, 0.05) is 0 Å². The highest BCUT2D eigenvalue weighted by molar-refractivity contribution is 7.98. The van der Waals surface area contributed by atoms with Gasteiger partial charge in [0.1, 0.15) is 0 Å². The number of oxime groups is 1. The van der Waals surface area contributed by atoms with Gasteiger partial charge in [-0.3, -0.25) is 4.79 Å². The summed E-state index contributed by atoms with van der Waals surface area (Å²) in [5.74, 6) is 0. The molecule has 0 amide bonds. The van der Waals surface area contributed by atoms with E-state index >= 15 is 0 Å². The minimum Gasteiger partial charge on any atom is -0.411 e. The summed E-state index contributed by atoms with van der Waals surface area (Å²) in [6, 6.07) is 0. The molecule has 0 aliphatic heterocycles. The van der Waals surface area contributed by atoms with Crippen molar-refractivity contribution in [3.8, 4) is 0 Å². The summed E-state index contributed by atoms with van der Waals surface area (Å²) < 4.78 is 0. The summed E-state index contributed by atoms with van der Waals surface area (Å²) in [6.07, 6.45) is 2.89. The average Bonchev–Trinajstić information content (AvgIpc) is 2.11. The Balaban J connectivity index is 3.31. The van der Waals surface area contributed by atoms with Crippen LogP contribution < -0.4 is 5.56 Å². The quantitative estimate of drug-likeness (QED) is 0.240. The fourth-order valence-electron chi connectivity index (χ4n) is 0.876. The minimum absolute atomic E-state index is 0.278. The molecule has 0 atom stereocenters. The van der Waals surface area contributed by atoms with Gasteiger partial charge in [0.25, 0.3) is 5.56 Å². The highest BCUT2D eigenvalue weighted by Gasteiger charge is 2.04. The molecule has 13 heavy (non-hydrogen) atoms. The van der Waals surface area contributed by atoms with E-state index in [1.807, 2.05) is 6.26 Å². The predicted octanol–water partition coefficient (Wildman–Crippen LogP) is 0.608. The van der Waals surface area contributed by atoms with E-state index in [1.54, 1.807) is 6.92 Å². The Kier molecular flexibility index (Phi) is 3.07. The minimum atomic E-state index is -0.297. The molecule has 1 aromatic rings. The lowest BCUT2D eigenvalue weighted by Crippen LogP contribution is -2.16. The molecule has 2 N–H and O–H groups in total. The summed E-state index contributed by atoms with van der Waals surface area (Å²) in [7, 11) is 0. The first-order valence-corrected chi connectivity index (χ1v) is 4.74. The second-order valence-electron chi connectivity index (χ2n) is 2.32. The number of aryl methyl sites for hydroxylation is 1. The maximum atomic E-state index is 11.3. The molecule has 0 spiro atoms. The van der Waals surface area contributed by atoms with Crippen LogP contribution in [0.4, 0.5) is 0 Å². The van der Waals surface area contributed by atoms with E-state index in [0.717, 1.165) is 6.21 Å². The molecular formula is C7H9N3O2S. The van der Waals surface area contributed by atoms with E-state index in [4.69, 9.17) is 5.21 Å². The smallest absolute Gasteiger partial charge is 0.260 e. The standard InChI is InChI=1S/C7H9N3O2S/c1-4-5(3-8-12)6(11)10-7(9-4)13-2/h3,12H,1-2H3,(H,9,10,11). The third kappa shape index (κ3) is 2.09. The third-order valence-electron chi connectivity index (χ3n) is 1.50. The predicted molar refractivity (Wildman–Crippen MR) is 50.8 cm³/mol. The van der Waals surface area contributed by atoms with Crippen LogP contribution in [0.1, 0.15) is 11.3 Å². The first-order valence-electron chi connectivity index (χ1n) is 3.51. The molecule has 0 aromatic carbocycles. The van der Waals surface area contributed by atoms with Crippen molar-refractivity contribution in [1.29, 1.82) is 0 Å². The van der Waals surface area contributed by atoms with Gasteiger partial charge in [-0.1, -0.05) is 16.9 Å². The van der Waals surface area contributed by atoms with E-state index in [-0.39, 0.29) is 11.1 Å². The highest BCUT2D eigenvalue weighted by atomic mass is 32.2. The van der Waals surface area contributed by atoms with Crippen molar-refractivity contribution in [3.05, 3.63) is 21.6 Å². The van der Waals surface area contributed by atoms with Crippen LogP contribution in [-0.4, -0.2) is 27.6 Å². The van der Waals surface area contributed by atoms with E-state index < -0.39 is 0 Å². The van der Waals surface area contributed by atoms with E-state index in [1.165, 1.54) is 11.8 Å². The van der Waals surface area contributed by atoms with Gasteiger partial charge < -0.3 is 10.2 Å². The molecule has 0 aliphatic rings. The fraction of sp³-hybridized carbons (Fsp3) is 0.286. The van der Waals surface area contributed by atoms with Crippen LogP contribution in [0.5, 0.6) is 0 Å². The zero-order valence-electron chi connectivity index (χ0n) is 7.24. The monoisotopic (exact) mass is 199 g/mol. The van der Waals surface area contributed by atoms with Crippen LogP contribution in [0.15, 0.2) is 15.1 Å². The van der Waals surface area contributed by atoms with Crippen molar-refractivity contribution >= 4 is 18.0 Å². The molecule has 6 heteroatoms. The van der Waals surface area contributed by atoms with Crippen LogP contribution in [0.2, 0.25) is 0 Å². The van der Waals surface area contributed by atoms with Gasteiger partial charge in [-0.15, -0.1) is 0 Å². The molecule has 5 nitrogen and oxygen atoms in total. The molecule has 0 bridgehead atoms. The molecule has 0 saturated carbocycles. The Morgan fingerprint density at radius 2 is 2.38 bits per heavy atom. The van der Waals surface area contributed by atoms with Crippen LogP contribution in [0, 0.1) is 6.92 Å². The SMILES string of the molecule is CSc1nc(C)c(C=NO)c(=O)[nH]1. The van der Waals surface area contributed by atoms with Crippen molar-refractivity contribution < 1.29 is 5.21 Å². The van der Waals surface area contributed by atoms with Crippen molar-refractivity contribution in [2.24, 2.45) is 5.16 Å². The molecule has 0 saturated heterocycles. The molecule has 0 unspecified atom stereocenters. The number of thioether (sulfide) groups is 1. The largest absolute Gasteiger partial charge is 0.411 e. The number of hydrogen-bond acceptors (Lipinski definition) is 5. The number of nitrogens with zero attached hydrogens (tertiary/aromatic N) is 2. The van der Waals surface area contributed by atoms with Gasteiger partial charge in [0.15, 0.2) is 5.16 Å². The number of aromatic nitrogens is 2. The topological polar surface area (TPSA) is 78.3 Å². The van der Waals surface area contributed by atoms with E-state index in [9.17, 15) is 4.79 Å². The Labute approximate surface area is 78.9 Å². The van der Waals surface area contributed by atoms with Crippen molar-refractivity contribution in [1.82, 2.24) is 9.97 Å². The molecule has 1 aromatic heterocycles. The normalized spacial score (nSPS) is 10.9. The highest BCUT2D eigenvalue weighted by Crippen LogP contribution is 2.06. The molecule has 1 rings (SSSR count). The number of hydrogen-bond donors (Lipinski definition) is 2. The van der Waals surface area contributed by atoms with Crippen LogP contribution in [0.3, 0.4) is 0 Å². The number of rotatable bonds is 2. The summed E-state index contributed by atoms with van der Waals surface area (Å²) in [6.45, 7) is 1.69. The summed E-state index contributed by atoms with van der Waals surface area (Å²) >= 11 is 1.35. The van der Waals surface area contributed by atoms with Crippen LogP contribution in [0.25, 0.3) is 0 Å². The lowest BCUT2D eigenvalue weighted by molar-refractivity contribution is 0.321. The molecular weight excluding hydrogens is 190 g/mol. The van der Waals surface area contributed by atoms with E-state index in [2.05, 4.69) is 15.1 Å². The Bertz CT molecular complexity index is 386. The Hall–Kier alpha value is -1.30. The molecule has 0 fully saturated rings. The number of aromatic amines is 1. The van der Waals surface area contributed by atoms with Crippen LogP contribution >= 0.6 is 11.8 Å². The third-order valence-corrected chi connectivity index (χ3v) is 2.08. The van der Waals surface area contributed by atoms with Gasteiger partial charge in [0.05, 0.1) is 17.5 Å². The van der Waals surface area contributed by atoms with Gasteiger partial charge >= 0.3 is 0 Å². The Morgan fingerprint density at radius 3 is 2.85 bits per heavy atom. The van der Waals surface area contributed by atoms with Crippen molar-refractivity contribution in [3.63, 3.8) is 0 Å². The second-order valence-corrected chi connectivity index (χ2v) is 3.11. The van der Waals surface area contributed by atoms with Crippen molar-refractivity contribution in [2.45, 2.75) is 12.1 Å². The lowest BCUT2D eigenvalue weighted by atomic mass is 10.3. The second kappa shape index (κ2) is 4.08. The first kappa shape index (κ1) is 9.79. The molecule has 70 valence electrons. The molecule has 0 radical (unpaired) electrons. The van der Waals surface area contributed by atoms with Crippen LogP contribution in [-0.2, 0) is 0 Å². The fourth-order valence-corrected chi connectivity index (χ4v) is 1.30.